The van der Waals surface area contributed by atoms with Crippen LogP contribution in [0.2, 0.25) is 0 Å². The lowest BCUT2D eigenvalue weighted by Gasteiger charge is -2.06. The fraction of sp³-hybridized carbons (Fsp3) is 0.200. The van der Waals surface area contributed by atoms with E-state index in [2.05, 4.69) is 30.4 Å². The van der Waals surface area contributed by atoms with Crippen molar-refractivity contribution in [3.8, 4) is 11.5 Å². The van der Waals surface area contributed by atoms with Gasteiger partial charge in [0.1, 0.15) is 11.5 Å². The van der Waals surface area contributed by atoms with E-state index >= 15 is 0 Å². The molecule has 0 radical (unpaired) electrons. The summed E-state index contributed by atoms with van der Waals surface area (Å²) in [5.41, 5.74) is 1.41. The van der Waals surface area contributed by atoms with Crippen LogP contribution < -0.4 is 14.5 Å². The number of H-pyrrole nitrogens is 1. The van der Waals surface area contributed by atoms with Crippen LogP contribution in [0.15, 0.2) is 63.0 Å². The summed E-state index contributed by atoms with van der Waals surface area (Å²) in [5.74, 6) is 0.808. The number of nitrogens with one attached hydrogen (secondary N) is 1. The largest absolute Gasteiger partial charge is 0.521 e. The first-order valence-electron chi connectivity index (χ1n) is 8.99. The summed E-state index contributed by atoms with van der Waals surface area (Å²) in [6.07, 6.45) is 2.39. The van der Waals surface area contributed by atoms with Crippen molar-refractivity contribution in [1.82, 2.24) is 4.98 Å². The van der Waals surface area contributed by atoms with Crippen molar-refractivity contribution >= 4 is 43.4 Å². The number of nitrogens with zero attached hydrogens (tertiary/aromatic N) is 1. The number of oxime groups is 1. The minimum absolute atomic E-state index is 0.138. The summed E-state index contributed by atoms with van der Waals surface area (Å²) in [5, 5.41) is 4.31. The number of rotatable bonds is 9. The summed E-state index contributed by atoms with van der Waals surface area (Å²) in [7, 11) is -4.29. The van der Waals surface area contributed by atoms with Crippen LogP contribution in [0.5, 0.6) is 11.5 Å². The molecule has 0 unspecified atom stereocenters. The van der Waals surface area contributed by atoms with Gasteiger partial charge in [-0.05, 0) is 67.8 Å². The fourth-order valence-corrected chi connectivity index (χ4v) is 3.31. The average molecular weight is 495 g/mol. The van der Waals surface area contributed by atoms with Crippen molar-refractivity contribution < 1.29 is 21.6 Å². The minimum Gasteiger partial charge on any atom is -0.494 e. The smallest absolute Gasteiger partial charge is 0.494 e. The number of ether oxygens (including phenoxy) is 1. The van der Waals surface area contributed by atoms with Crippen molar-refractivity contribution in [2.24, 2.45) is 5.16 Å². The van der Waals surface area contributed by atoms with Gasteiger partial charge in [-0.1, -0.05) is 21.1 Å². The molecule has 3 aromatic rings. The molecule has 1 heterocycles. The maximum absolute atomic E-state index is 11.8. The van der Waals surface area contributed by atoms with Crippen molar-refractivity contribution in [2.45, 2.75) is 19.8 Å². The van der Waals surface area contributed by atoms with Crippen LogP contribution in [0, 0.1) is 6.92 Å². The molecule has 3 rings (SSSR count). The number of hydrogen-bond acceptors (Lipinski definition) is 7. The molecule has 0 amide bonds. The lowest BCUT2D eigenvalue weighted by Crippen LogP contribution is -2.10. The molecule has 2 aromatic carbocycles. The Morgan fingerprint density at radius 3 is 2.70 bits per heavy atom. The van der Waals surface area contributed by atoms with E-state index in [1.54, 1.807) is 30.3 Å². The second-order valence-corrected chi connectivity index (χ2v) is 8.31. The second kappa shape index (κ2) is 9.77. The number of pyridine rings is 1. The van der Waals surface area contributed by atoms with E-state index in [0.29, 0.717) is 25.2 Å². The Labute approximate surface area is 181 Å². The normalized spacial score (nSPS) is 11.7. The molecule has 8 nitrogen and oxygen atoms in total. The first-order chi connectivity index (χ1) is 14.3. The summed E-state index contributed by atoms with van der Waals surface area (Å²) < 4.78 is 39.4. The highest BCUT2D eigenvalue weighted by Gasteiger charge is 2.14. The monoisotopic (exact) mass is 494 g/mol. The first-order valence-corrected chi connectivity index (χ1v) is 11.1. The van der Waals surface area contributed by atoms with Crippen LogP contribution in [-0.4, -0.2) is 26.2 Å². The minimum atomic E-state index is -4.29. The van der Waals surface area contributed by atoms with Crippen molar-refractivity contribution in [3.05, 3.63) is 68.9 Å². The number of hydrogen-bond donors (Lipinski definition) is 1. The topological polar surface area (TPSA) is 107 Å². The Balaban J connectivity index is 1.41. The van der Waals surface area contributed by atoms with Gasteiger partial charge in [-0.3, -0.25) is 4.79 Å². The summed E-state index contributed by atoms with van der Waals surface area (Å²) >= 11 is 3.33. The molecule has 0 aliphatic carbocycles. The summed E-state index contributed by atoms with van der Waals surface area (Å²) in [6.45, 7) is 2.21. The molecule has 1 N–H and O–H groups in total. The lowest BCUT2D eigenvalue weighted by molar-refractivity contribution is 0.287. The van der Waals surface area contributed by atoms with Crippen LogP contribution >= 0.6 is 15.9 Å². The van der Waals surface area contributed by atoms with Gasteiger partial charge in [-0.15, -0.1) is 8.42 Å². The van der Waals surface area contributed by atoms with Gasteiger partial charge < -0.3 is 13.9 Å². The molecule has 0 fully saturated rings. The number of aromatic nitrogens is 1. The first kappa shape index (κ1) is 21.8. The zero-order chi connectivity index (χ0) is 21.6. The number of benzene rings is 2. The molecule has 30 heavy (non-hydrogen) atoms. The van der Waals surface area contributed by atoms with Crippen LogP contribution in [-0.2, 0) is 14.7 Å². The number of aromatic amines is 1. The third-order valence-electron chi connectivity index (χ3n) is 3.98. The van der Waals surface area contributed by atoms with E-state index in [4.69, 9.17) is 8.92 Å². The molecular weight excluding hydrogens is 476 g/mol. The number of unbranched alkanes of at least 4 members (excludes halogenated alkanes) is 1. The molecule has 1 aromatic heterocycles. The number of aryl methyl sites for hydroxylation is 1. The van der Waals surface area contributed by atoms with Crippen LogP contribution in [0.3, 0.4) is 0 Å². The van der Waals surface area contributed by atoms with Gasteiger partial charge in [0.2, 0.25) is 5.56 Å². The SMILES string of the molecule is Cc1cc(OS(=O)(=O)ON=CCCCOc2ccc3[nH]c(=O)ccc3c2)ccc1Br. The third-order valence-corrected chi connectivity index (χ3v) is 5.53. The fourth-order valence-electron chi connectivity index (χ4n) is 2.52. The van der Waals surface area contributed by atoms with Gasteiger partial charge in [-0.2, -0.15) is 0 Å². The Hall–Kier alpha value is -2.85. The lowest BCUT2D eigenvalue weighted by atomic mass is 10.2. The number of halogens is 1. The van der Waals surface area contributed by atoms with Crippen LogP contribution in [0.25, 0.3) is 10.9 Å². The highest BCUT2D eigenvalue weighted by molar-refractivity contribution is 9.10. The van der Waals surface area contributed by atoms with Gasteiger partial charge in [0.25, 0.3) is 0 Å². The molecule has 0 spiro atoms. The van der Waals surface area contributed by atoms with Crippen molar-refractivity contribution in [1.29, 1.82) is 0 Å². The predicted octanol–water partition coefficient (Wildman–Crippen LogP) is 4.08. The molecule has 0 bridgehead atoms. The van der Waals surface area contributed by atoms with E-state index in [-0.39, 0.29) is 11.3 Å². The van der Waals surface area contributed by atoms with Crippen molar-refractivity contribution in [2.75, 3.05) is 6.61 Å². The molecule has 0 atom stereocenters. The molecular formula is C20H19BrN2O6S. The Morgan fingerprint density at radius 2 is 1.90 bits per heavy atom. The van der Waals surface area contributed by atoms with E-state index in [1.807, 2.05) is 13.0 Å². The number of fused-ring (bicyclic) bond motifs is 1. The highest BCUT2D eigenvalue weighted by atomic mass is 79.9. The Kier molecular flexibility index (Phi) is 7.11. The van der Waals surface area contributed by atoms with Gasteiger partial charge in [-0.25, -0.2) is 4.28 Å². The molecule has 0 saturated carbocycles. The van der Waals surface area contributed by atoms with E-state index in [9.17, 15) is 13.2 Å². The molecule has 0 aliphatic heterocycles. The standard InChI is InChI=1S/C20H19BrN2O6S/c1-14-12-17(5-7-18(14)21)28-30(25,26)29-22-10-2-3-11-27-16-6-8-19-15(13-16)4-9-20(24)23-19/h4-10,12-13H,2-3,11H2,1H3,(H,23,24). The molecule has 0 aliphatic rings. The maximum Gasteiger partial charge on any atom is 0.521 e. The van der Waals surface area contributed by atoms with Crippen LogP contribution in [0.1, 0.15) is 18.4 Å². The van der Waals surface area contributed by atoms with Gasteiger partial charge in [0.05, 0.1) is 6.61 Å². The Morgan fingerprint density at radius 1 is 1.10 bits per heavy atom. The van der Waals surface area contributed by atoms with E-state index in [1.165, 1.54) is 18.3 Å². The zero-order valence-electron chi connectivity index (χ0n) is 16.0. The zero-order valence-corrected chi connectivity index (χ0v) is 18.4. The van der Waals surface area contributed by atoms with Crippen molar-refractivity contribution in [3.63, 3.8) is 0 Å². The second-order valence-electron chi connectivity index (χ2n) is 6.33. The quantitative estimate of drug-likeness (QED) is 0.272. The Bertz CT molecular complexity index is 1220. The summed E-state index contributed by atoms with van der Waals surface area (Å²) in [6, 6.07) is 13.3. The molecule has 0 saturated heterocycles. The van der Waals surface area contributed by atoms with Gasteiger partial charge in [0.15, 0.2) is 0 Å². The van der Waals surface area contributed by atoms with E-state index < -0.39 is 10.4 Å². The third kappa shape index (κ3) is 6.33. The molecule has 158 valence electrons. The molecule has 10 heteroatoms. The predicted molar refractivity (Wildman–Crippen MR) is 117 cm³/mol. The van der Waals surface area contributed by atoms with Gasteiger partial charge in [0, 0.05) is 27.7 Å². The van der Waals surface area contributed by atoms with Crippen LogP contribution in [0.4, 0.5) is 0 Å². The van der Waals surface area contributed by atoms with E-state index in [0.717, 1.165) is 20.9 Å². The maximum atomic E-state index is 11.8. The highest BCUT2D eigenvalue weighted by Crippen LogP contribution is 2.23. The summed E-state index contributed by atoms with van der Waals surface area (Å²) in [4.78, 5) is 14.0. The van der Waals surface area contributed by atoms with Gasteiger partial charge >= 0.3 is 10.4 Å². The average Bonchev–Trinajstić information content (AvgIpc) is 2.70.